The lowest BCUT2D eigenvalue weighted by Crippen LogP contribution is -2.41. The topological polar surface area (TPSA) is 83.0 Å². The third kappa shape index (κ3) is 8.94. The van der Waals surface area contributed by atoms with Crippen LogP contribution < -0.4 is 10.6 Å². The molecular weight excluding hydrogens is 375 g/mol. The molecule has 0 radical (unpaired) electrons. The lowest BCUT2D eigenvalue weighted by atomic mass is 10.2. The third-order valence-corrected chi connectivity index (χ3v) is 2.39. The number of nitrogens with zero attached hydrogens (tertiary/aromatic N) is 2. The van der Waals surface area contributed by atoms with Crippen LogP contribution in [0.3, 0.4) is 0 Å². The summed E-state index contributed by atoms with van der Waals surface area (Å²) in [5, 5.41) is 6.00. The van der Waals surface area contributed by atoms with Gasteiger partial charge in [-0.3, -0.25) is 9.59 Å². The molecule has 2 N–H and O–H groups in total. The van der Waals surface area contributed by atoms with Gasteiger partial charge in [0.1, 0.15) is 6.54 Å². The average Bonchev–Trinajstić information content (AvgIpc) is 2.39. The highest BCUT2D eigenvalue weighted by Gasteiger charge is 2.13. The lowest BCUT2D eigenvalue weighted by molar-refractivity contribution is -0.144. The number of hydrogen-bond acceptors (Lipinski definition) is 4. The van der Waals surface area contributed by atoms with Crippen molar-refractivity contribution in [2.45, 2.75) is 13.8 Å². The number of nitrogens with one attached hydrogen (secondary N) is 2. The Bertz CT molecular complexity index is 335. The number of guanidine groups is 1. The van der Waals surface area contributed by atoms with Crippen LogP contribution >= 0.6 is 24.0 Å². The first-order chi connectivity index (χ1) is 8.92. The van der Waals surface area contributed by atoms with Gasteiger partial charge in [-0.2, -0.15) is 0 Å². The monoisotopic (exact) mass is 400 g/mol. The van der Waals surface area contributed by atoms with Gasteiger partial charge in [0.15, 0.2) is 5.96 Å². The van der Waals surface area contributed by atoms with E-state index >= 15 is 0 Å². The van der Waals surface area contributed by atoms with E-state index in [2.05, 4.69) is 20.4 Å². The summed E-state index contributed by atoms with van der Waals surface area (Å²) in [6, 6.07) is 0. The summed E-state index contributed by atoms with van der Waals surface area (Å²) in [5.74, 6) is -0.141. The zero-order valence-corrected chi connectivity index (χ0v) is 15.1. The molecule has 20 heavy (non-hydrogen) atoms. The number of halogens is 1. The summed E-state index contributed by atoms with van der Waals surface area (Å²) >= 11 is 0. The number of aliphatic imine (C=N–C) groups is 1. The molecule has 0 aliphatic rings. The van der Waals surface area contributed by atoms with Crippen LogP contribution in [0.25, 0.3) is 0 Å². The fraction of sp³-hybridized carbons (Fsp3) is 0.750. The largest absolute Gasteiger partial charge is 0.469 e. The molecule has 0 aliphatic carbocycles. The van der Waals surface area contributed by atoms with Crippen LogP contribution in [0.1, 0.15) is 13.8 Å². The molecule has 0 rings (SSSR count). The van der Waals surface area contributed by atoms with Crippen LogP contribution in [0.15, 0.2) is 4.99 Å². The predicted molar refractivity (Wildman–Crippen MR) is 89.3 cm³/mol. The maximum atomic E-state index is 11.4. The van der Waals surface area contributed by atoms with Crippen molar-refractivity contribution in [1.82, 2.24) is 15.5 Å². The number of esters is 1. The molecule has 0 aromatic rings. The molecule has 1 amide bonds. The summed E-state index contributed by atoms with van der Waals surface area (Å²) in [7, 11) is 4.71. The third-order valence-electron chi connectivity index (χ3n) is 2.39. The number of carbonyl (C=O) groups excluding carboxylic acids is 2. The summed E-state index contributed by atoms with van der Waals surface area (Å²) in [5.41, 5.74) is 0. The standard InChI is InChI=1S/C12H24N4O3.HI/c1-6-13-12(15-8-10(17)16(3)4)14-7-9(2)11(18)19-5;/h9H,6-8H2,1-5H3,(H2,13,14,15);1H. The van der Waals surface area contributed by atoms with Gasteiger partial charge in [0.25, 0.3) is 0 Å². The van der Waals surface area contributed by atoms with Crippen molar-refractivity contribution >= 4 is 41.8 Å². The molecule has 0 saturated heterocycles. The number of hydrogen-bond donors (Lipinski definition) is 2. The summed E-state index contributed by atoms with van der Waals surface area (Å²) in [6.45, 7) is 4.82. The fourth-order valence-corrected chi connectivity index (χ4v) is 1.16. The Kier molecular flexibility index (Phi) is 12.5. The van der Waals surface area contributed by atoms with Gasteiger partial charge in [-0.25, -0.2) is 4.99 Å². The maximum absolute atomic E-state index is 11.4. The lowest BCUT2D eigenvalue weighted by Gasteiger charge is -2.15. The van der Waals surface area contributed by atoms with Crippen molar-refractivity contribution in [1.29, 1.82) is 0 Å². The predicted octanol–water partition coefficient (Wildman–Crippen LogP) is 0.0568. The van der Waals surface area contributed by atoms with Gasteiger partial charge in [-0.15, -0.1) is 24.0 Å². The minimum Gasteiger partial charge on any atom is -0.469 e. The van der Waals surface area contributed by atoms with E-state index in [1.807, 2.05) is 6.92 Å². The van der Waals surface area contributed by atoms with Gasteiger partial charge >= 0.3 is 5.97 Å². The van der Waals surface area contributed by atoms with Crippen molar-refractivity contribution in [3.63, 3.8) is 0 Å². The van der Waals surface area contributed by atoms with Gasteiger partial charge < -0.3 is 20.3 Å². The van der Waals surface area contributed by atoms with E-state index in [1.54, 1.807) is 21.0 Å². The minimum absolute atomic E-state index is 0. The van der Waals surface area contributed by atoms with Crippen molar-refractivity contribution < 1.29 is 14.3 Å². The van der Waals surface area contributed by atoms with E-state index < -0.39 is 0 Å². The average molecular weight is 400 g/mol. The van der Waals surface area contributed by atoms with Crippen LogP contribution in [0.2, 0.25) is 0 Å². The number of rotatable bonds is 6. The van der Waals surface area contributed by atoms with Crippen molar-refractivity contribution in [2.75, 3.05) is 40.8 Å². The highest BCUT2D eigenvalue weighted by Crippen LogP contribution is 1.95. The summed E-state index contributed by atoms with van der Waals surface area (Å²) in [6.07, 6.45) is 0. The Balaban J connectivity index is 0. The molecule has 0 aromatic heterocycles. The summed E-state index contributed by atoms with van der Waals surface area (Å²) in [4.78, 5) is 28.3. The highest BCUT2D eigenvalue weighted by molar-refractivity contribution is 14.0. The first-order valence-corrected chi connectivity index (χ1v) is 6.22. The van der Waals surface area contributed by atoms with E-state index in [1.165, 1.54) is 12.0 Å². The number of likely N-dealkylation sites (N-methyl/N-ethyl adjacent to an activating group) is 1. The van der Waals surface area contributed by atoms with E-state index in [4.69, 9.17) is 0 Å². The first kappa shape index (κ1) is 21.2. The summed E-state index contributed by atoms with van der Waals surface area (Å²) < 4.78 is 4.63. The zero-order valence-electron chi connectivity index (χ0n) is 12.7. The molecule has 0 saturated carbocycles. The second-order valence-corrected chi connectivity index (χ2v) is 4.29. The maximum Gasteiger partial charge on any atom is 0.310 e. The second-order valence-electron chi connectivity index (χ2n) is 4.29. The fourth-order valence-electron chi connectivity index (χ4n) is 1.16. The van der Waals surface area contributed by atoms with Crippen LogP contribution in [-0.4, -0.2) is 63.6 Å². The number of carbonyl (C=O) groups is 2. The molecular formula is C12H25IN4O3. The molecule has 0 aliphatic heterocycles. The molecule has 1 unspecified atom stereocenters. The Morgan fingerprint density at radius 1 is 1.30 bits per heavy atom. The molecule has 118 valence electrons. The van der Waals surface area contributed by atoms with Crippen molar-refractivity contribution in [2.24, 2.45) is 10.9 Å². The van der Waals surface area contributed by atoms with E-state index in [0.717, 1.165) is 0 Å². The first-order valence-electron chi connectivity index (χ1n) is 6.22. The van der Waals surface area contributed by atoms with Crippen LogP contribution in [0.4, 0.5) is 0 Å². The van der Waals surface area contributed by atoms with Gasteiger partial charge in [-0.1, -0.05) is 6.92 Å². The normalized spacial score (nSPS) is 11.9. The zero-order chi connectivity index (χ0) is 14.8. The molecule has 7 nitrogen and oxygen atoms in total. The number of methoxy groups -OCH3 is 1. The quantitative estimate of drug-likeness (QED) is 0.285. The van der Waals surface area contributed by atoms with E-state index in [0.29, 0.717) is 19.0 Å². The van der Waals surface area contributed by atoms with Gasteiger partial charge in [0.05, 0.1) is 13.0 Å². The van der Waals surface area contributed by atoms with E-state index in [9.17, 15) is 9.59 Å². The van der Waals surface area contributed by atoms with E-state index in [-0.39, 0.29) is 48.3 Å². The SMILES string of the molecule is CCNC(=NCC(=O)N(C)C)NCC(C)C(=O)OC.I. The number of amides is 1. The molecule has 8 heteroatoms. The van der Waals surface area contributed by atoms with Gasteiger partial charge in [0.2, 0.25) is 5.91 Å². The Labute approximate surface area is 137 Å². The van der Waals surface area contributed by atoms with Crippen LogP contribution in [-0.2, 0) is 14.3 Å². The van der Waals surface area contributed by atoms with Crippen LogP contribution in [0, 0.1) is 5.92 Å². The Hall–Kier alpha value is -1.06. The smallest absolute Gasteiger partial charge is 0.310 e. The van der Waals surface area contributed by atoms with Gasteiger partial charge in [0, 0.05) is 27.2 Å². The van der Waals surface area contributed by atoms with Crippen molar-refractivity contribution in [3.8, 4) is 0 Å². The minimum atomic E-state index is -0.285. The molecule has 0 spiro atoms. The molecule has 0 fully saturated rings. The highest BCUT2D eigenvalue weighted by atomic mass is 127. The molecule has 0 bridgehead atoms. The molecule has 1 atom stereocenters. The second kappa shape index (κ2) is 11.7. The van der Waals surface area contributed by atoms with Gasteiger partial charge in [-0.05, 0) is 6.92 Å². The Morgan fingerprint density at radius 3 is 2.35 bits per heavy atom. The molecule has 0 aromatic carbocycles. The van der Waals surface area contributed by atoms with Crippen molar-refractivity contribution in [3.05, 3.63) is 0 Å². The number of ether oxygens (including phenoxy) is 1. The van der Waals surface area contributed by atoms with Crippen LogP contribution in [0.5, 0.6) is 0 Å². The molecule has 0 heterocycles. The Morgan fingerprint density at radius 2 is 1.90 bits per heavy atom.